The van der Waals surface area contributed by atoms with Gasteiger partial charge in [-0.2, -0.15) is 0 Å². The largest absolute Gasteiger partial charge is 0.462 e. The highest BCUT2D eigenvalue weighted by molar-refractivity contribution is 5.70. The Kier molecular flexibility index (Phi) is 20.4. The van der Waals surface area contributed by atoms with Gasteiger partial charge in [-0.3, -0.25) is 9.59 Å². The summed E-state index contributed by atoms with van der Waals surface area (Å²) in [6.45, 7) is 2.23. The summed E-state index contributed by atoms with van der Waals surface area (Å²) in [6.07, 6.45) is -5.27. The van der Waals surface area contributed by atoms with Crippen LogP contribution in [-0.2, 0) is 38.0 Å². The minimum atomic E-state index is -1.75. The molecule has 0 amide bonds. The first-order valence-electron chi connectivity index (χ1n) is 17.1. The van der Waals surface area contributed by atoms with E-state index in [2.05, 4.69) is 6.92 Å². The van der Waals surface area contributed by atoms with Gasteiger partial charge in [0, 0.05) is 12.8 Å². The van der Waals surface area contributed by atoms with E-state index in [1.165, 1.54) is 32.1 Å². The minimum Gasteiger partial charge on any atom is -0.462 e. The number of carbonyl (C=O) groups excluding carboxylic acids is 2. The van der Waals surface area contributed by atoms with Gasteiger partial charge < -0.3 is 64.2 Å². The van der Waals surface area contributed by atoms with Crippen molar-refractivity contribution in [1.82, 2.24) is 0 Å². The van der Waals surface area contributed by atoms with Gasteiger partial charge in [0.05, 0.1) is 19.8 Å². The van der Waals surface area contributed by atoms with Crippen molar-refractivity contribution in [3.63, 3.8) is 0 Å². The lowest BCUT2D eigenvalue weighted by Gasteiger charge is -2.42. The lowest BCUT2D eigenvalue weighted by Crippen LogP contribution is -2.61. The third kappa shape index (κ3) is 14.5. The van der Waals surface area contributed by atoms with E-state index >= 15 is 0 Å². The molecule has 0 radical (unpaired) electrons. The molecule has 2 aliphatic heterocycles. The molecule has 0 aromatic heterocycles. The van der Waals surface area contributed by atoms with Gasteiger partial charge in [0.2, 0.25) is 0 Å². The van der Waals surface area contributed by atoms with Crippen LogP contribution in [0.2, 0.25) is 0 Å². The quantitative estimate of drug-likeness (QED) is 0.0563. The first-order chi connectivity index (χ1) is 22.5. The first kappa shape index (κ1) is 41.7. The highest BCUT2D eigenvalue weighted by Crippen LogP contribution is 2.26. The van der Waals surface area contributed by atoms with Crippen molar-refractivity contribution >= 4 is 11.9 Å². The van der Waals surface area contributed by atoms with Crippen molar-refractivity contribution in [1.29, 1.82) is 0 Å². The number of hydrogen-bond acceptors (Lipinski definition) is 15. The zero-order valence-electron chi connectivity index (χ0n) is 27.8. The number of esters is 2. The Morgan fingerprint density at radius 1 is 0.596 bits per heavy atom. The third-order valence-corrected chi connectivity index (χ3v) is 8.34. The van der Waals surface area contributed by atoms with Gasteiger partial charge in [-0.1, -0.05) is 71.6 Å². The fraction of sp³-hybridized carbons (Fsp3) is 0.938. The van der Waals surface area contributed by atoms with Crippen LogP contribution in [0.25, 0.3) is 0 Å². The summed E-state index contributed by atoms with van der Waals surface area (Å²) in [5, 5.41) is 71.0. The highest BCUT2D eigenvalue weighted by Gasteiger charge is 2.47. The molecule has 0 spiro atoms. The zero-order chi connectivity index (χ0) is 34.8. The van der Waals surface area contributed by atoms with E-state index in [1.54, 1.807) is 0 Å². The number of hydrogen-bond donors (Lipinski definition) is 7. The molecule has 15 nitrogen and oxygen atoms in total. The molecule has 11 atom stereocenters. The second-order valence-corrected chi connectivity index (χ2v) is 12.4. The average Bonchev–Trinajstić information content (AvgIpc) is 3.06. The number of unbranched alkanes of at least 4 members (excludes halogenated alkanes) is 9. The molecular formula is C32H58O15. The van der Waals surface area contributed by atoms with Crippen LogP contribution in [0.15, 0.2) is 0 Å². The summed E-state index contributed by atoms with van der Waals surface area (Å²) in [5.41, 5.74) is 0. The fourth-order valence-corrected chi connectivity index (χ4v) is 5.31. The van der Waals surface area contributed by atoms with Crippen LogP contribution in [0.1, 0.15) is 97.3 Å². The molecule has 2 aliphatic rings. The topological polar surface area (TPSA) is 231 Å². The summed E-state index contributed by atoms with van der Waals surface area (Å²) in [6, 6.07) is 0. The van der Waals surface area contributed by atoms with Crippen molar-refractivity contribution in [2.24, 2.45) is 0 Å². The van der Waals surface area contributed by atoms with Gasteiger partial charge in [0.15, 0.2) is 18.7 Å². The molecule has 2 fully saturated rings. The molecule has 2 saturated heterocycles. The zero-order valence-corrected chi connectivity index (χ0v) is 27.8. The number of ether oxygens (including phenoxy) is 6. The number of carbonyl (C=O) groups is 2. The Hall–Kier alpha value is -1.50. The summed E-state index contributed by atoms with van der Waals surface area (Å²) in [5.74, 6) is -0.970. The normalized spacial score (nSPS) is 31.8. The van der Waals surface area contributed by atoms with Crippen molar-refractivity contribution in [3.05, 3.63) is 0 Å². The lowest BCUT2D eigenvalue weighted by atomic mass is 9.98. The SMILES string of the molecule is CCCCCCCCCCCC(=O)OC(COC(=O)CCCC)COC1OC(COC2OC(CO)C(O)C(O)C2O)C(O)C(O)C1O. The summed E-state index contributed by atoms with van der Waals surface area (Å²) in [4.78, 5) is 24.7. The Morgan fingerprint density at radius 2 is 1.11 bits per heavy atom. The molecule has 0 aromatic rings. The van der Waals surface area contributed by atoms with Gasteiger partial charge in [-0.05, 0) is 12.8 Å². The van der Waals surface area contributed by atoms with Crippen molar-refractivity contribution in [2.75, 3.05) is 26.4 Å². The van der Waals surface area contributed by atoms with Gasteiger partial charge in [-0.15, -0.1) is 0 Å². The molecular weight excluding hydrogens is 624 g/mol. The molecule has 7 N–H and O–H groups in total. The number of aliphatic hydroxyl groups is 7. The predicted molar refractivity (Wildman–Crippen MR) is 165 cm³/mol. The van der Waals surface area contributed by atoms with Crippen LogP contribution < -0.4 is 0 Å². The maximum atomic E-state index is 12.6. The maximum Gasteiger partial charge on any atom is 0.306 e. The van der Waals surface area contributed by atoms with E-state index in [0.29, 0.717) is 12.8 Å². The molecule has 2 rings (SSSR count). The van der Waals surface area contributed by atoms with E-state index in [-0.39, 0.29) is 26.1 Å². The summed E-state index contributed by atoms with van der Waals surface area (Å²) < 4.78 is 32.8. The van der Waals surface area contributed by atoms with Crippen LogP contribution in [0.4, 0.5) is 0 Å². The van der Waals surface area contributed by atoms with Gasteiger partial charge >= 0.3 is 11.9 Å². The second-order valence-electron chi connectivity index (χ2n) is 12.4. The van der Waals surface area contributed by atoms with Crippen molar-refractivity contribution in [2.45, 2.75) is 165 Å². The molecule has 0 saturated carbocycles. The first-order valence-corrected chi connectivity index (χ1v) is 17.1. The molecule has 15 heteroatoms. The molecule has 11 unspecified atom stereocenters. The van der Waals surface area contributed by atoms with Crippen LogP contribution in [0.5, 0.6) is 0 Å². The third-order valence-electron chi connectivity index (χ3n) is 8.34. The molecule has 0 bridgehead atoms. The number of rotatable bonds is 23. The van der Waals surface area contributed by atoms with E-state index in [1.807, 2.05) is 6.92 Å². The van der Waals surface area contributed by atoms with Crippen LogP contribution in [0.3, 0.4) is 0 Å². The van der Waals surface area contributed by atoms with Crippen molar-refractivity contribution < 1.29 is 73.8 Å². The van der Waals surface area contributed by atoms with Crippen LogP contribution in [-0.4, -0.2) is 142 Å². The standard InChI is InChI=1S/C32H58O15/c1-3-5-7-8-9-10-11-12-13-15-24(35)45-20(17-42-23(34)14-6-4-2)18-43-31-30(41)28(39)26(37)22(47-31)19-44-32-29(40)27(38)25(36)21(16-33)46-32/h20-22,25-33,36-41H,3-19H2,1-2H3. The van der Waals surface area contributed by atoms with E-state index in [4.69, 9.17) is 28.4 Å². The molecule has 276 valence electrons. The lowest BCUT2D eigenvalue weighted by molar-refractivity contribution is -0.332. The van der Waals surface area contributed by atoms with E-state index < -0.39 is 92.7 Å². The van der Waals surface area contributed by atoms with Crippen LogP contribution in [0, 0.1) is 0 Å². The smallest absolute Gasteiger partial charge is 0.306 e. The van der Waals surface area contributed by atoms with Gasteiger partial charge in [0.1, 0.15) is 55.4 Å². The molecule has 0 aromatic carbocycles. The van der Waals surface area contributed by atoms with E-state index in [0.717, 1.165) is 25.7 Å². The highest BCUT2D eigenvalue weighted by atomic mass is 16.7. The second kappa shape index (κ2) is 23.0. The van der Waals surface area contributed by atoms with Crippen molar-refractivity contribution in [3.8, 4) is 0 Å². The maximum absolute atomic E-state index is 12.6. The fourth-order valence-electron chi connectivity index (χ4n) is 5.31. The Balaban J connectivity index is 1.91. The Labute approximate surface area is 277 Å². The Morgan fingerprint density at radius 3 is 1.70 bits per heavy atom. The minimum absolute atomic E-state index is 0.168. The average molecular weight is 683 g/mol. The summed E-state index contributed by atoms with van der Waals surface area (Å²) in [7, 11) is 0. The van der Waals surface area contributed by atoms with Gasteiger partial charge in [0.25, 0.3) is 0 Å². The molecule has 0 aliphatic carbocycles. The molecule has 47 heavy (non-hydrogen) atoms. The van der Waals surface area contributed by atoms with Crippen LogP contribution >= 0.6 is 0 Å². The van der Waals surface area contributed by atoms with Gasteiger partial charge in [-0.25, -0.2) is 0 Å². The monoisotopic (exact) mass is 682 g/mol. The number of aliphatic hydroxyl groups excluding tert-OH is 7. The molecule has 2 heterocycles. The Bertz CT molecular complexity index is 860. The summed E-state index contributed by atoms with van der Waals surface area (Å²) >= 11 is 0. The predicted octanol–water partition coefficient (Wildman–Crippen LogP) is 0.193. The van der Waals surface area contributed by atoms with E-state index in [9.17, 15) is 45.3 Å².